The van der Waals surface area contributed by atoms with Crippen LogP contribution < -0.4 is 10.1 Å². The third-order valence-electron chi connectivity index (χ3n) is 3.58. The van der Waals surface area contributed by atoms with Crippen molar-refractivity contribution < 1.29 is 9.53 Å². The first-order valence-corrected chi connectivity index (χ1v) is 10.5. The molecule has 2 aromatic heterocycles. The molecule has 10 heteroatoms. The van der Waals surface area contributed by atoms with Crippen molar-refractivity contribution >= 4 is 45.7 Å². The van der Waals surface area contributed by atoms with Crippen LogP contribution in [0.4, 0.5) is 5.13 Å². The van der Waals surface area contributed by atoms with Crippen LogP contribution in [0.2, 0.25) is 5.02 Å². The molecule has 1 N–H and O–H groups in total. The lowest BCUT2D eigenvalue weighted by molar-refractivity contribution is -0.113. The molecule has 0 spiro atoms. The SMILES string of the molecule is CCn1c(SCC(=O)Nc2nccs2)nnc1C(C)Oc1ccccc1Cl. The molecule has 0 aliphatic rings. The Morgan fingerprint density at radius 2 is 2.22 bits per heavy atom. The summed E-state index contributed by atoms with van der Waals surface area (Å²) in [4.78, 5) is 16.1. The van der Waals surface area contributed by atoms with Crippen LogP contribution in [0.5, 0.6) is 5.75 Å². The topological polar surface area (TPSA) is 81.9 Å². The van der Waals surface area contributed by atoms with Gasteiger partial charge in [-0.2, -0.15) is 0 Å². The molecule has 1 atom stereocenters. The van der Waals surface area contributed by atoms with E-state index in [1.54, 1.807) is 12.3 Å². The predicted octanol–water partition coefficient (Wildman–Crippen LogP) is 4.28. The van der Waals surface area contributed by atoms with Gasteiger partial charge in [-0.15, -0.1) is 21.5 Å². The van der Waals surface area contributed by atoms with Crippen LogP contribution in [0, 0.1) is 0 Å². The monoisotopic (exact) mass is 423 g/mol. The number of carbonyl (C=O) groups excluding carboxylic acids is 1. The Bertz CT molecular complexity index is 901. The summed E-state index contributed by atoms with van der Waals surface area (Å²) in [5, 5.41) is 14.8. The normalized spacial score (nSPS) is 12.0. The molecule has 0 aliphatic heterocycles. The minimum atomic E-state index is -0.337. The molecule has 0 aliphatic carbocycles. The lowest BCUT2D eigenvalue weighted by Crippen LogP contribution is -2.15. The van der Waals surface area contributed by atoms with Crippen LogP contribution in [-0.4, -0.2) is 31.4 Å². The summed E-state index contributed by atoms with van der Waals surface area (Å²) in [6.45, 7) is 4.55. The van der Waals surface area contributed by atoms with E-state index < -0.39 is 0 Å². The molecular formula is C17H18ClN5O2S2. The largest absolute Gasteiger partial charge is 0.481 e. The number of ether oxygens (including phenoxy) is 1. The van der Waals surface area contributed by atoms with Crippen molar-refractivity contribution in [3.05, 3.63) is 46.7 Å². The number of thiazole rings is 1. The van der Waals surface area contributed by atoms with Gasteiger partial charge in [-0.05, 0) is 26.0 Å². The smallest absolute Gasteiger partial charge is 0.236 e. The molecule has 0 fully saturated rings. The minimum Gasteiger partial charge on any atom is -0.481 e. The molecule has 27 heavy (non-hydrogen) atoms. The van der Waals surface area contributed by atoms with E-state index in [1.807, 2.05) is 42.0 Å². The standard InChI is InChI=1S/C17H18ClN5O2S2/c1-3-23-15(11(2)25-13-7-5-4-6-12(13)18)21-22-17(23)27-10-14(24)20-16-19-8-9-26-16/h4-9,11H,3,10H2,1-2H3,(H,19,20,24). The minimum absolute atomic E-state index is 0.137. The number of amides is 1. The van der Waals surface area contributed by atoms with E-state index in [0.717, 1.165) is 0 Å². The van der Waals surface area contributed by atoms with Gasteiger partial charge >= 0.3 is 0 Å². The lowest BCUT2D eigenvalue weighted by atomic mass is 10.3. The van der Waals surface area contributed by atoms with Crippen LogP contribution in [0.15, 0.2) is 41.0 Å². The molecule has 1 amide bonds. The molecule has 7 nitrogen and oxygen atoms in total. The maximum absolute atomic E-state index is 12.0. The molecule has 0 saturated heterocycles. The predicted molar refractivity (Wildman–Crippen MR) is 108 cm³/mol. The molecule has 3 aromatic rings. The number of aromatic nitrogens is 4. The molecule has 0 radical (unpaired) electrons. The van der Waals surface area contributed by atoms with Gasteiger partial charge in [0, 0.05) is 18.1 Å². The number of halogens is 1. The third-order valence-corrected chi connectivity index (χ3v) is 5.54. The van der Waals surface area contributed by atoms with Crippen molar-refractivity contribution in [3.8, 4) is 5.75 Å². The highest BCUT2D eigenvalue weighted by atomic mass is 35.5. The average Bonchev–Trinajstić information content (AvgIpc) is 3.31. The van der Waals surface area contributed by atoms with Crippen molar-refractivity contribution in [2.45, 2.75) is 31.7 Å². The van der Waals surface area contributed by atoms with E-state index in [0.29, 0.717) is 33.4 Å². The van der Waals surface area contributed by atoms with Gasteiger partial charge in [-0.3, -0.25) is 4.79 Å². The number of nitrogens with one attached hydrogen (secondary N) is 1. The van der Waals surface area contributed by atoms with Gasteiger partial charge in [0.25, 0.3) is 0 Å². The highest BCUT2D eigenvalue weighted by Crippen LogP contribution is 2.29. The fraction of sp³-hybridized carbons (Fsp3) is 0.294. The van der Waals surface area contributed by atoms with Crippen molar-refractivity contribution in [3.63, 3.8) is 0 Å². The van der Waals surface area contributed by atoms with Crippen molar-refractivity contribution in [2.75, 3.05) is 11.1 Å². The molecule has 0 saturated carbocycles. The van der Waals surface area contributed by atoms with E-state index in [-0.39, 0.29) is 17.8 Å². The van der Waals surface area contributed by atoms with E-state index in [4.69, 9.17) is 16.3 Å². The zero-order valence-electron chi connectivity index (χ0n) is 14.8. The molecule has 0 bridgehead atoms. The Hall–Kier alpha value is -2.10. The summed E-state index contributed by atoms with van der Waals surface area (Å²) in [6.07, 6.45) is 1.31. The van der Waals surface area contributed by atoms with E-state index in [9.17, 15) is 4.79 Å². The number of benzene rings is 1. The second kappa shape index (κ2) is 9.20. The van der Waals surface area contributed by atoms with Crippen molar-refractivity contribution in [1.29, 1.82) is 0 Å². The average molecular weight is 424 g/mol. The van der Waals surface area contributed by atoms with Gasteiger partial charge in [-0.25, -0.2) is 4.98 Å². The fourth-order valence-corrected chi connectivity index (χ4v) is 3.89. The molecule has 142 valence electrons. The summed E-state index contributed by atoms with van der Waals surface area (Å²) in [5.74, 6) is 1.36. The van der Waals surface area contributed by atoms with Gasteiger partial charge < -0.3 is 14.6 Å². The first-order valence-electron chi connectivity index (χ1n) is 8.25. The van der Waals surface area contributed by atoms with E-state index in [2.05, 4.69) is 20.5 Å². The number of nitrogens with zero attached hydrogens (tertiary/aromatic N) is 4. The highest BCUT2D eigenvalue weighted by Gasteiger charge is 2.20. The first kappa shape index (κ1) is 19.7. The Balaban J connectivity index is 1.65. The highest BCUT2D eigenvalue weighted by molar-refractivity contribution is 7.99. The second-order valence-electron chi connectivity index (χ2n) is 5.45. The first-order chi connectivity index (χ1) is 13.1. The fourth-order valence-electron chi connectivity index (χ4n) is 2.36. The van der Waals surface area contributed by atoms with Crippen LogP contribution in [0.25, 0.3) is 0 Å². The van der Waals surface area contributed by atoms with Gasteiger partial charge in [0.1, 0.15) is 5.75 Å². The summed E-state index contributed by atoms with van der Waals surface area (Å²) >= 11 is 8.86. The number of hydrogen-bond donors (Lipinski definition) is 1. The van der Waals surface area contributed by atoms with Gasteiger partial charge in [0.2, 0.25) is 5.91 Å². The molecule has 1 unspecified atom stereocenters. The summed E-state index contributed by atoms with van der Waals surface area (Å²) < 4.78 is 7.87. The number of para-hydroxylation sites is 1. The number of thioether (sulfide) groups is 1. The molecule has 2 heterocycles. The number of carbonyl (C=O) groups is 1. The maximum Gasteiger partial charge on any atom is 0.236 e. The quantitative estimate of drug-likeness (QED) is 0.544. The molecule has 1 aromatic carbocycles. The van der Waals surface area contributed by atoms with E-state index in [1.165, 1.54) is 23.1 Å². The van der Waals surface area contributed by atoms with Crippen LogP contribution in [0.1, 0.15) is 25.8 Å². The Morgan fingerprint density at radius 3 is 2.93 bits per heavy atom. The molecular weight excluding hydrogens is 406 g/mol. The maximum atomic E-state index is 12.0. The molecule has 3 rings (SSSR count). The van der Waals surface area contributed by atoms with Crippen LogP contribution in [-0.2, 0) is 11.3 Å². The summed E-state index contributed by atoms with van der Waals surface area (Å²) in [5.41, 5.74) is 0. The lowest BCUT2D eigenvalue weighted by Gasteiger charge is -2.16. The zero-order chi connectivity index (χ0) is 19.2. The second-order valence-corrected chi connectivity index (χ2v) is 7.69. The third kappa shape index (κ3) is 5.00. The van der Waals surface area contributed by atoms with Gasteiger partial charge in [0.15, 0.2) is 22.2 Å². The Morgan fingerprint density at radius 1 is 1.41 bits per heavy atom. The van der Waals surface area contributed by atoms with E-state index >= 15 is 0 Å². The van der Waals surface area contributed by atoms with Gasteiger partial charge in [0.05, 0.1) is 10.8 Å². The van der Waals surface area contributed by atoms with Gasteiger partial charge in [-0.1, -0.05) is 35.5 Å². The Labute approximate surface area is 170 Å². The zero-order valence-corrected chi connectivity index (χ0v) is 17.1. The van der Waals surface area contributed by atoms with Crippen LogP contribution >= 0.6 is 34.7 Å². The Kier molecular flexibility index (Phi) is 6.70. The number of hydrogen-bond acceptors (Lipinski definition) is 7. The summed E-state index contributed by atoms with van der Waals surface area (Å²) in [6, 6.07) is 7.29. The number of rotatable bonds is 8. The number of anilines is 1. The van der Waals surface area contributed by atoms with Crippen molar-refractivity contribution in [2.24, 2.45) is 0 Å². The van der Waals surface area contributed by atoms with Crippen molar-refractivity contribution in [1.82, 2.24) is 19.7 Å². The summed E-state index contributed by atoms with van der Waals surface area (Å²) in [7, 11) is 0. The van der Waals surface area contributed by atoms with Crippen LogP contribution in [0.3, 0.4) is 0 Å².